The number of methoxy groups -OCH3 is 1. The van der Waals surface area contributed by atoms with Gasteiger partial charge < -0.3 is 19.2 Å². The molecule has 0 radical (unpaired) electrons. The van der Waals surface area contributed by atoms with Crippen molar-refractivity contribution in [2.75, 3.05) is 20.3 Å². The van der Waals surface area contributed by atoms with Crippen molar-refractivity contribution < 1.29 is 18.7 Å². The summed E-state index contributed by atoms with van der Waals surface area (Å²) < 4.78 is 18.2. The fourth-order valence-corrected chi connectivity index (χ4v) is 3.95. The maximum Gasteiger partial charge on any atom is 0.254 e. The Morgan fingerprint density at radius 1 is 1.24 bits per heavy atom. The van der Waals surface area contributed by atoms with Crippen LogP contribution in [0.3, 0.4) is 0 Å². The summed E-state index contributed by atoms with van der Waals surface area (Å²) in [6, 6.07) is 13.5. The van der Waals surface area contributed by atoms with Crippen molar-refractivity contribution in [1.29, 1.82) is 0 Å². The van der Waals surface area contributed by atoms with Crippen molar-refractivity contribution in [2.45, 2.75) is 19.1 Å². The smallest absolute Gasteiger partial charge is 0.254 e. The van der Waals surface area contributed by atoms with Gasteiger partial charge in [0.1, 0.15) is 11.8 Å². The second-order valence-corrected chi connectivity index (χ2v) is 7.59. The van der Waals surface area contributed by atoms with Crippen LogP contribution in [0.1, 0.15) is 33.3 Å². The first-order chi connectivity index (χ1) is 16.2. The van der Waals surface area contributed by atoms with E-state index in [1.807, 2.05) is 24.3 Å². The molecule has 1 aliphatic rings. The number of nitrogens with one attached hydrogen (secondary N) is 1. The number of nitrogens with zero attached hydrogens (tertiary/aromatic N) is 4. The lowest BCUT2D eigenvalue weighted by Crippen LogP contribution is -2.32. The molecule has 0 spiro atoms. The molecule has 4 heterocycles. The molecule has 0 aliphatic carbocycles. The zero-order chi connectivity index (χ0) is 22.6. The molecule has 1 aromatic carbocycles. The Balaban J connectivity index is 1.38. The summed E-state index contributed by atoms with van der Waals surface area (Å²) >= 11 is 0. The molecular weight excluding hydrogens is 422 g/mol. The van der Waals surface area contributed by atoms with Crippen molar-refractivity contribution in [1.82, 2.24) is 25.1 Å². The van der Waals surface area contributed by atoms with Crippen LogP contribution in [0.4, 0.5) is 0 Å². The molecule has 0 saturated heterocycles. The van der Waals surface area contributed by atoms with Crippen molar-refractivity contribution in [3.63, 3.8) is 0 Å². The minimum Gasteiger partial charge on any atom is -0.463 e. The number of hydrogen-bond donors (Lipinski definition) is 1. The number of furan rings is 1. The number of carbonyl (C=O) groups excluding carboxylic acids is 1. The molecular formula is C24H23N5O4. The van der Waals surface area contributed by atoms with Crippen LogP contribution in [0.25, 0.3) is 17.4 Å². The van der Waals surface area contributed by atoms with Crippen LogP contribution in [0, 0.1) is 0 Å². The van der Waals surface area contributed by atoms with Gasteiger partial charge >= 0.3 is 0 Å². The highest BCUT2D eigenvalue weighted by Crippen LogP contribution is 2.26. The molecule has 1 atom stereocenters. The number of benzene rings is 1. The third-order valence-electron chi connectivity index (χ3n) is 5.54. The number of aromatic nitrogens is 4. The summed E-state index contributed by atoms with van der Waals surface area (Å²) in [5.41, 5.74) is 3.93. The lowest BCUT2D eigenvalue weighted by atomic mass is 9.97. The van der Waals surface area contributed by atoms with E-state index in [0.29, 0.717) is 41.8 Å². The van der Waals surface area contributed by atoms with Gasteiger partial charge in [0.05, 0.1) is 36.9 Å². The monoisotopic (exact) mass is 445 g/mol. The van der Waals surface area contributed by atoms with E-state index in [1.165, 1.54) is 16.4 Å². The summed E-state index contributed by atoms with van der Waals surface area (Å²) in [6.45, 7) is 1.16. The number of carbonyl (C=O) groups is 1. The fourth-order valence-electron chi connectivity index (χ4n) is 3.95. The van der Waals surface area contributed by atoms with Crippen LogP contribution in [-0.2, 0) is 22.5 Å². The van der Waals surface area contributed by atoms with Gasteiger partial charge in [-0.25, -0.2) is 9.97 Å². The molecule has 3 aromatic heterocycles. The van der Waals surface area contributed by atoms with Crippen molar-refractivity contribution in [2.24, 2.45) is 0 Å². The van der Waals surface area contributed by atoms with E-state index in [4.69, 9.17) is 13.9 Å². The molecule has 1 unspecified atom stereocenters. The normalized spacial score (nSPS) is 15.2. The average Bonchev–Trinajstić information content (AvgIpc) is 3.54. The minimum atomic E-state index is -0.262. The lowest BCUT2D eigenvalue weighted by molar-refractivity contribution is 0.0411. The first kappa shape index (κ1) is 21.0. The van der Waals surface area contributed by atoms with E-state index in [1.54, 1.807) is 31.7 Å². The molecule has 4 aromatic rings. The summed E-state index contributed by atoms with van der Waals surface area (Å²) in [6.07, 6.45) is 5.40. The Morgan fingerprint density at radius 3 is 3.00 bits per heavy atom. The van der Waals surface area contributed by atoms with E-state index in [2.05, 4.69) is 26.4 Å². The van der Waals surface area contributed by atoms with E-state index >= 15 is 0 Å². The van der Waals surface area contributed by atoms with Gasteiger partial charge in [0, 0.05) is 19.9 Å². The largest absolute Gasteiger partial charge is 0.463 e. The molecule has 33 heavy (non-hydrogen) atoms. The second kappa shape index (κ2) is 9.35. The minimum absolute atomic E-state index is 0.167. The van der Waals surface area contributed by atoms with Gasteiger partial charge in [-0.1, -0.05) is 24.3 Å². The van der Waals surface area contributed by atoms with Crippen molar-refractivity contribution in [3.8, 4) is 17.4 Å². The predicted molar refractivity (Wildman–Crippen MR) is 119 cm³/mol. The van der Waals surface area contributed by atoms with Gasteiger partial charge in [0.25, 0.3) is 11.9 Å². The van der Waals surface area contributed by atoms with Crippen LogP contribution in [-0.4, -0.2) is 45.9 Å². The highest BCUT2D eigenvalue weighted by Gasteiger charge is 2.24. The van der Waals surface area contributed by atoms with E-state index in [-0.39, 0.29) is 18.6 Å². The van der Waals surface area contributed by atoms with E-state index < -0.39 is 0 Å². The highest BCUT2D eigenvalue weighted by atomic mass is 16.5. The van der Waals surface area contributed by atoms with Gasteiger partial charge in [-0.3, -0.25) is 4.79 Å². The Kier molecular flexibility index (Phi) is 5.97. The van der Waals surface area contributed by atoms with Crippen LogP contribution >= 0.6 is 0 Å². The Labute approximate surface area is 190 Å². The first-order valence-electron chi connectivity index (χ1n) is 10.7. The molecule has 1 N–H and O–H groups in total. The SMILES string of the molecule is COCc1c(C(=O)NCC2OCCc3ccccc32)cnn1-c1nccc(-c2ccco2)n1. The van der Waals surface area contributed by atoms with E-state index in [9.17, 15) is 4.79 Å². The Bertz CT molecular complexity index is 1250. The van der Waals surface area contributed by atoms with Gasteiger partial charge in [0.2, 0.25) is 0 Å². The molecule has 9 nitrogen and oxygen atoms in total. The fraction of sp³-hybridized carbons (Fsp3) is 0.250. The summed E-state index contributed by atoms with van der Waals surface area (Å²) in [4.78, 5) is 21.9. The van der Waals surface area contributed by atoms with Crippen LogP contribution in [0.15, 0.2) is 65.5 Å². The zero-order valence-corrected chi connectivity index (χ0v) is 18.1. The van der Waals surface area contributed by atoms with Crippen molar-refractivity contribution in [3.05, 3.63) is 83.5 Å². The van der Waals surface area contributed by atoms with Crippen molar-refractivity contribution >= 4 is 5.91 Å². The number of fused-ring (bicyclic) bond motifs is 1. The number of rotatable bonds is 7. The molecule has 1 aliphatic heterocycles. The Morgan fingerprint density at radius 2 is 2.15 bits per heavy atom. The quantitative estimate of drug-likeness (QED) is 0.466. The molecule has 5 rings (SSSR count). The Hall–Kier alpha value is -3.82. The first-order valence-corrected chi connectivity index (χ1v) is 10.7. The summed E-state index contributed by atoms with van der Waals surface area (Å²) in [7, 11) is 1.56. The second-order valence-electron chi connectivity index (χ2n) is 7.59. The molecule has 0 fully saturated rings. The predicted octanol–water partition coefficient (Wildman–Crippen LogP) is 3.11. The summed E-state index contributed by atoms with van der Waals surface area (Å²) in [5, 5.41) is 7.35. The number of amides is 1. The molecule has 9 heteroatoms. The van der Waals surface area contributed by atoms with Gasteiger partial charge in [-0.05, 0) is 35.7 Å². The average molecular weight is 445 g/mol. The molecule has 0 saturated carbocycles. The molecule has 0 bridgehead atoms. The molecule has 168 valence electrons. The van der Waals surface area contributed by atoms with Crippen LogP contribution < -0.4 is 5.32 Å². The topological polar surface area (TPSA) is 104 Å². The maximum absolute atomic E-state index is 13.1. The third-order valence-corrected chi connectivity index (χ3v) is 5.54. The van der Waals surface area contributed by atoms with Crippen LogP contribution in [0.2, 0.25) is 0 Å². The van der Waals surface area contributed by atoms with Gasteiger partial charge in [0.15, 0.2) is 5.76 Å². The van der Waals surface area contributed by atoms with Gasteiger partial charge in [-0.2, -0.15) is 9.78 Å². The molecule has 1 amide bonds. The third kappa shape index (κ3) is 4.28. The van der Waals surface area contributed by atoms with E-state index in [0.717, 1.165) is 12.0 Å². The zero-order valence-electron chi connectivity index (χ0n) is 18.1. The summed E-state index contributed by atoms with van der Waals surface area (Å²) in [5.74, 6) is 0.673. The van der Waals surface area contributed by atoms with Crippen LogP contribution in [0.5, 0.6) is 0 Å². The number of hydrogen-bond acceptors (Lipinski definition) is 7. The number of ether oxygens (including phenoxy) is 2. The van der Waals surface area contributed by atoms with Gasteiger partial charge in [-0.15, -0.1) is 0 Å². The standard InChI is InChI=1S/C24H23N5O4/c1-31-15-20-18(23(30)26-14-22-17-6-3-2-5-16(17)9-12-33-22)13-27-29(20)24-25-10-8-19(28-24)21-7-4-11-32-21/h2-8,10-11,13,22H,9,12,14-15H2,1H3,(H,26,30). The highest BCUT2D eigenvalue weighted by molar-refractivity contribution is 5.95. The maximum atomic E-state index is 13.1. The lowest BCUT2D eigenvalue weighted by Gasteiger charge is -2.26.